The molecule has 0 amide bonds. The molecule has 1 heterocycles. The maximum Gasteiger partial charge on any atom is 0.232 e. The number of halogens is 2. The molecular formula is C15H9BrINO. The molecule has 0 atom stereocenters. The number of hydrogen-bond acceptors (Lipinski definition) is 2. The molecule has 3 rings (SSSR count). The standard InChI is InChI=1S/C15H9BrINO/c16-14-11-5-2-1-4-10(11)7-8-13(14)19-15-12(17)6-3-9-18-15/h1-9H. The van der Waals surface area contributed by atoms with Crippen LogP contribution < -0.4 is 4.74 Å². The van der Waals surface area contributed by atoms with E-state index in [0.717, 1.165) is 19.2 Å². The lowest BCUT2D eigenvalue weighted by molar-refractivity contribution is 0.457. The monoisotopic (exact) mass is 425 g/mol. The van der Waals surface area contributed by atoms with Crippen molar-refractivity contribution in [1.82, 2.24) is 4.98 Å². The van der Waals surface area contributed by atoms with Gasteiger partial charge in [0.1, 0.15) is 5.75 Å². The van der Waals surface area contributed by atoms with Crippen LogP contribution in [-0.4, -0.2) is 4.98 Å². The van der Waals surface area contributed by atoms with E-state index < -0.39 is 0 Å². The van der Waals surface area contributed by atoms with Crippen LogP contribution in [0, 0.1) is 3.57 Å². The third-order valence-corrected chi connectivity index (χ3v) is 4.40. The van der Waals surface area contributed by atoms with Gasteiger partial charge in [-0.1, -0.05) is 30.3 Å². The van der Waals surface area contributed by atoms with Gasteiger partial charge in [0.25, 0.3) is 0 Å². The Labute approximate surface area is 133 Å². The summed E-state index contributed by atoms with van der Waals surface area (Å²) in [4.78, 5) is 4.24. The number of hydrogen-bond donors (Lipinski definition) is 0. The quantitative estimate of drug-likeness (QED) is 0.513. The fourth-order valence-corrected chi connectivity index (χ4v) is 2.87. The van der Waals surface area contributed by atoms with Crippen molar-refractivity contribution in [2.45, 2.75) is 0 Å². The molecule has 4 heteroatoms. The minimum absolute atomic E-state index is 0.624. The Morgan fingerprint density at radius 3 is 2.68 bits per heavy atom. The first-order chi connectivity index (χ1) is 9.25. The summed E-state index contributed by atoms with van der Waals surface area (Å²) in [5, 5.41) is 2.31. The first-order valence-corrected chi connectivity index (χ1v) is 7.58. The molecule has 0 aliphatic rings. The maximum atomic E-state index is 5.88. The molecule has 0 unspecified atom stereocenters. The van der Waals surface area contributed by atoms with E-state index >= 15 is 0 Å². The Morgan fingerprint density at radius 2 is 1.84 bits per heavy atom. The van der Waals surface area contributed by atoms with Gasteiger partial charge in [-0.05, 0) is 67.5 Å². The highest BCUT2D eigenvalue weighted by Gasteiger charge is 2.09. The molecule has 0 spiro atoms. The van der Waals surface area contributed by atoms with E-state index in [1.165, 1.54) is 5.39 Å². The van der Waals surface area contributed by atoms with Crippen LogP contribution in [0.2, 0.25) is 0 Å². The fraction of sp³-hybridized carbons (Fsp3) is 0. The number of rotatable bonds is 2. The summed E-state index contributed by atoms with van der Waals surface area (Å²) in [6.45, 7) is 0. The topological polar surface area (TPSA) is 22.1 Å². The first kappa shape index (κ1) is 12.9. The highest BCUT2D eigenvalue weighted by atomic mass is 127. The summed E-state index contributed by atoms with van der Waals surface area (Å²) in [7, 11) is 0. The van der Waals surface area contributed by atoms with E-state index in [-0.39, 0.29) is 0 Å². The Bertz CT molecular complexity index is 745. The predicted molar refractivity (Wildman–Crippen MR) is 88.7 cm³/mol. The van der Waals surface area contributed by atoms with Crippen molar-refractivity contribution in [2.75, 3.05) is 0 Å². The van der Waals surface area contributed by atoms with Crippen molar-refractivity contribution in [3.05, 3.63) is 62.8 Å². The molecule has 2 aromatic carbocycles. The summed E-state index contributed by atoms with van der Waals surface area (Å²) in [5.41, 5.74) is 0. The van der Waals surface area contributed by atoms with E-state index in [0.29, 0.717) is 5.88 Å². The summed E-state index contributed by atoms with van der Waals surface area (Å²) in [6, 6.07) is 16.0. The SMILES string of the molecule is Brc1c(Oc2ncccc2I)ccc2ccccc12. The van der Waals surface area contributed by atoms with Gasteiger partial charge in [-0.3, -0.25) is 0 Å². The first-order valence-electron chi connectivity index (χ1n) is 5.71. The van der Waals surface area contributed by atoms with Crippen molar-refractivity contribution >= 4 is 49.3 Å². The van der Waals surface area contributed by atoms with Crippen molar-refractivity contribution < 1.29 is 4.74 Å². The van der Waals surface area contributed by atoms with Gasteiger partial charge in [0.05, 0.1) is 8.04 Å². The molecule has 94 valence electrons. The minimum Gasteiger partial charge on any atom is -0.437 e. The van der Waals surface area contributed by atoms with Crippen LogP contribution in [-0.2, 0) is 0 Å². The Morgan fingerprint density at radius 1 is 1.00 bits per heavy atom. The molecule has 0 saturated carbocycles. The van der Waals surface area contributed by atoms with Crippen molar-refractivity contribution in [3.8, 4) is 11.6 Å². The lowest BCUT2D eigenvalue weighted by atomic mass is 10.1. The van der Waals surface area contributed by atoms with E-state index in [2.05, 4.69) is 55.6 Å². The number of aromatic nitrogens is 1. The fourth-order valence-electron chi connectivity index (χ4n) is 1.84. The van der Waals surface area contributed by atoms with Gasteiger partial charge in [0.2, 0.25) is 5.88 Å². The highest BCUT2D eigenvalue weighted by Crippen LogP contribution is 2.36. The number of fused-ring (bicyclic) bond motifs is 1. The van der Waals surface area contributed by atoms with Gasteiger partial charge in [0, 0.05) is 6.20 Å². The van der Waals surface area contributed by atoms with Gasteiger partial charge >= 0.3 is 0 Å². The smallest absolute Gasteiger partial charge is 0.232 e. The largest absolute Gasteiger partial charge is 0.437 e. The summed E-state index contributed by atoms with van der Waals surface area (Å²) < 4.78 is 7.82. The van der Waals surface area contributed by atoms with Gasteiger partial charge in [-0.15, -0.1) is 0 Å². The average molecular weight is 426 g/mol. The zero-order chi connectivity index (χ0) is 13.2. The average Bonchev–Trinajstić information content (AvgIpc) is 2.44. The Hall–Kier alpha value is -1.14. The van der Waals surface area contributed by atoms with E-state index in [4.69, 9.17) is 4.74 Å². The van der Waals surface area contributed by atoms with Crippen LogP contribution in [0.3, 0.4) is 0 Å². The zero-order valence-corrected chi connectivity index (χ0v) is 13.6. The lowest BCUT2D eigenvalue weighted by Crippen LogP contribution is -1.91. The number of benzene rings is 2. The zero-order valence-electron chi connectivity index (χ0n) is 9.81. The second kappa shape index (κ2) is 5.46. The van der Waals surface area contributed by atoms with Crippen LogP contribution in [0.15, 0.2) is 59.2 Å². The van der Waals surface area contributed by atoms with Crippen LogP contribution in [0.1, 0.15) is 0 Å². The third kappa shape index (κ3) is 2.60. The van der Waals surface area contributed by atoms with Crippen LogP contribution in [0.5, 0.6) is 11.6 Å². The predicted octanol–water partition coefficient (Wildman–Crippen LogP) is 5.39. The van der Waals surface area contributed by atoms with Crippen LogP contribution in [0.25, 0.3) is 10.8 Å². The van der Waals surface area contributed by atoms with Gasteiger partial charge in [-0.25, -0.2) is 4.98 Å². The van der Waals surface area contributed by atoms with Crippen molar-refractivity contribution in [2.24, 2.45) is 0 Å². The minimum atomic E-state index is 0.624. The Kier molecular flexibility index (Phi) is 3.70. The van der Waals surface area contributed by atoms with E-state index in [1.54, 1.807) is 6.20 Å². The lowest BCUT2D eigenvalue weighted by Gasteiger charge is -2.10. The molecular weight excluding hydrogens is 417 g/mol. The second-order valence-electron chi connectivity index (χ2n) is 3.99. The molecule has 0 bridgehead atoms. The normalized spacial score (nSPS) is 10.6. The highest BCUT2D eigenvalue weighted by molar-refractivity contribution is 14.1. The van der Waals surface area contributed by atoms with Crippen molar-refractivity contribution in [1.29, 1.82) is 0 Å². The number of nitrogens with zero attached hydrogens (tertiary/aromatic N) is 1. The third-order valence-electron chi connectivity index (χ3n) is 2.76. The summed E-state index contributed by atoms with van der Waals surface area (Å²) in [6.07, 6.45) is 1.73. The molecule has 0 aliphatic heterocycles. The Balaban J connectivity index is 2.07. The maximum absolute atomic E-state index is 5.88. The van der Waals surface area contributed by atoms with E-state index in [9.17, 15) is 0 Å². The molecule has 19 heavy (non-hydrogen) atoms. The summed E-state index contributed by atoms with van der Waals surface area (Å²) in [5.74, 6) is 1.40. The molecule has 0 aliphatic carbocycles. The van der Waals surface area contributed by atoms with Gasteiger partial charge < -0.3 is 4.74 Å². The molecule has 1 aromatic heterocycles. The number of pyridine rings is 1. The van der Waals surface area contributed by atoms with E-state index in [1.807, 2.05) is 36.4 Å². The molecule has 2 nitrogen and oxygen atoms in total. The molecule has 0 radical (unpaired) electrons. The van der Waals surface area contributed by atoms with Gasteiger partial charge in [0.15, 0.2) is 0 Å². The molecule has 0 fully saturated rings. The van der Waals surface area contributed by atoms with Crippen LogP contribution in [0.4, 0.5) is 0 Å². The molecule has 0 saturated heterocycles. The summed E-state index contributed by atoms with van der Waals surface area (Å²) >= 11 is 5.82. The second-order valence-corrected chi connectivity index (χ2v) is 5.95. The number of ether oxygens (including phenoxy) is 1. The van der Waals surface area contributed by atoms with Gasteiger partial charge in [-0.2, -0.15) is 0 Å². The molecule has 3 aromatic rings. The van der Waals surface area contributed by atoms with Crippen LogP contribution >= 0.6 is 38.5 Å². The molecule has 0 N–H and O–H groups in total. The van der Waals surface area contributed by atoms with Crippen molar-refractivity contribution in [3.63, 3.8) is 0 Å².